The van der Waals surface area contributed by atoms with Gasteiger partial charge in [0.05, 0.1) is 12.1 Å². The number of nitrogens with zero attached hydrogens (tertiary/aromatic N) is 2. The number of aromatic nitrogens is 2. The summed E-state index contributed by atoms with van der Waals surface area (Å²) < 4.78 is 16.1. The lowest BCUT2D eigenvalue weighted by Gasteiger charge is -2.23. The molecule has 0 radical (unpaired) electrons. The molecule has 4 rings (SSSR count). The van der Waals surface area contributed by atoms with Gasteiger partial charge >= 0.3 is 5.97 Å². The van der Waals surface area contributed by atoms with E-state index in [1.165, 1.54) is 7.11 Å². The third-order valence-corrected chi connectivity index (χ3v) is 5.52. The molecule has 0 bridgehead atoms. The maximum absolute atomic E-state index is 11.8. The van der Waals surface area contributed by atoms with Crippen LogP contribution in [0.1, 0.15) is 19.4 Å². The van der Waals surface area contributed by atoms with Crippen LogP contribution in [0.5, 0.6) is 11.5 Å². The van der Waals surface area contributed by atoms with Gasteiger partial charge in [-0.1, -0.05) is 41.0 Å². The molecule has 0 aliphatic carbocycles. The number of hydrogen-bond donors (Lipinski definition) is 1. The van der Waals surface area contributed by atoms with Crippen molar-refractivity contribution in [3.8, 4) is 34.3 Å². The summed E-state index contributed by atoms with van der Waals surface area (Å²) in [5.41, 5.74) is 1.51. The van der Waals surface area contributed by atoms with E-state index < -0.39 is 5.54 Å². The average molecular weight is 478 g/mol. The predicted molar refractivity (Wildman–Crippen MR) is 130 cm³/mol. The molecular formula is C26H24ClN3O4. The summed E-state index contributed by atoms with van der Waals surface area (Å²) in [6, 6.07) is 22.5. The Kier molecular flexibility index (Phi) is 6.95. The summed E-state index contributed by atoms with van der Waals surface area (Å²) in [6.45, 7) is 3.96. The van der Waals surface area contributed by atoms with E-state index in [-0.39, 0.29) is 5.97 Å². The Morgan fingerprint density at radius 3 is 2.41 bits per heavy atom. The summed E-state index contributed by atoms with van der Waals surface area (Å²) in [7, 11) is 1.36. The average Bonchev–Trinajstić information content (AvgIpc) is 3.33. The number of carbonyl (C=O) groups excluding carboxylic acids is 1. The molecule has 3 aromatic carbocycles. The van der Waals surface area contributed by atoms with Crippen LogP contribution in [0.2, 0.25) is 5.02 Å². The maximum Gasteiger partial charge on any atom is 0.325 e. The molecule has 1 aromatic heterocycles. The minimum absolute atomic E-state index is 0.339. The van der Waals surface area contributed by atoms with Gasteiger partial charge in [0.25, 0.3) is 5.89 Å². The van der Waals surface area contributed by atoms with Crippen molar-refractivity contribution in [3.05, 3.63) is 83.4 Å². The van der Waals surface area contributed by atoms with Crippen LogP contribution in [0.4, 0.5) is 0 Å². The molecule has 0 amide bonds. The van der Waals surface area contributed by atoms with Crippen LogP contribution in [0.3, 0.4) is 0 Å². The zero-order chi connectivity index (χ0) is 24.1. The van der Waals surface area contributed by atoms with Crippen LogP contribution in [-0.2, 0) is 16.1 Å². The van der Waals surface area contributed by atoms with E-state index in [0.29, 0.717) is 34.6 Å². The Bertz CT molecular complexity index is 1270. The maximum atomic E-state index is 11.8. The number of benzene rings is 3. The van der Waals surface area contributed by atoms with Crippen LogP contribution in [-0.4, -0.2) is 28.8 Å². The minimum atomic E-state index is -0.815. The second kappa shape index (κ2) is 10.1. The topological polar surface area (TPSA) is 86.5 Å². The summed E-state index contributed by atoms with van der Waals surface area (Å²) >= 11 is 6.50. The standard InChI is InChI=1S/C26H24ClN3O4/c1-26(2,25(31)32-3)28-16-17-9-14-21(22(27)15-17)23-29-24(34-30-23)18-10-12-20(13-11-18)33-19-7-5-4-6-8-19/h4-15,28H,16H2,1-3H3. The lowest BCUT2D eigenvalue weighted by Crippen LogP contribution is -2.46. The Morgan fingerprint density at radius 1 is 1.03 bits per heavy atom. The number of methoxy groups -OCH3 is 1. The first-order chi connectivity index (χ1) is 16.4. The number of ether oxygens (including phenoxy) is 2. The van der Waals surface area contributed by atoms with Gasteiger partial charge < -0.3 is 14.0 Å². The van der Waals surface area contributed by atoms with Crippen molar-refractivity contribution in [1.82, 2.24) is 15.5 Å². The van der Waals surface area contributed by atoms with E-state index in [4.69, 9.17) is 25.6 Å². The van der Waals surface area contributed by atoms with Crippen LogP contribution in [0.15, 0.2) is 77.3 Å². The van der Waals surface area contributed by atoms with Crippen LogP contribution >= 0.6 is 11.6 Å². The molecule has 0 saturated heterocycles. The van der Waals surface area contributed by atoms with E-state index in [1.807, 2.05) is 72.8 Å². The molecule has 1 N–H and O–H groups in total. The Hall–Kier alpha value is -3.68. The molecule has 0 aliphatic rings. The first-order valence-electron chi connectivity index (χ1n) is 10.6. The molecule has 0 fully saturated rings. The monoisotopic (exact) mass is 477 g/mol. The fraction of sp³-hybridized carbons (Fsp3) is 0.192. The number of carbonyl (C=O) groups is 1. The van der Waals surface area contributed by atoms with Crippen molar-refractivity contribution < 1.29 is 18.8 Å². The summed E-state index contributed by atoms with van der Waals surface area (Å²) in [6.07, 6.45) is 0. The van der Waals surface area contributed by atoms with Gasteiger partial charge in [-0.25, -0.2) is 0 Å². The molecule has 0 unspecified atom stereocenters. The number of esters is 1. The van der Waals surface area contributed by atoms with Crippen molar-refractivity contribution in [3.63, 3.8) is 0 Å². The van der Waals surface area contributed by atoms with Crippen molar-refractivity contribution in [2.45, 2.75) is 25.9 Å². The summed E-state index contributed by atoms with van der Waals surface area (Å²) in [5.74, 6) is 1.89. The predicted octanol–water partition coefficient (Wildman–Crippen LogP) is 5.89. The molecule has 0 spiro atoms. The van der Waals surface area contributed by atoms with Gasteiger partial charge in [-0.2, -0.15) is 4.98 Å². The van der Waals surface area contributed by atoms with Gasteiger partial charge in [0, 0.05) is 17.7 Å². The minimum Gasteiger partial charge on any atom is -0.468 e. The van der Waals surface area contributed by atoms with Crippen molar-refractivity contribution in [1.29, 1.82) is 0 Å². The Labute approximate surface area is 202 Å². The molecule has 34 heavy (non-hydrogen) atoms. The normalized spacial score (nSPS) is 11.3. The fourth-order valence-electron chi connectivity index (χ4n) is 3.24. The highest BCUT2D eigenvalue weighted by Gasteiger charge is 2.27. The SMILES string of the molecule is COC(=O)C(C)(C)NCc1ccc(-c2noc(-c3ccc(Oc4ccccc4)cc3)n2)c(Cl)c1. The van der Waals surface area contributed by atoms with Crippen LogP contribution < -0.4 is 10.1 Å². The summed E-state index contributed by atoms with van der Waals surface area (Å²) in [4.78, 5) is 16.3. The lowest BCUT2D eigenvalue weighted by molar-refractivity contribution is -0.147. The highest BCUT2D eigenvalue weighted by atomic mass is 35.5. The van der Waals surface area contributed by atoms with E-state index in [0.717, 1.165) is 16.9 Å². The molecule has 8 heteroatoms. The molecule has 0 aliphatic heterocycles. The summed E-state index contributed by atoms with van der Waals surface area (Å²) in [5, 5.41) is 7.73. The molecule has 1 heterocycles. The molecule has 4 aromatic rings. The van der Waals surface area contributed by atoms with Gasteiger partial charge in [0.1, 0.15) is 17.0 Å². The van der Waals surface area contributed by atoms with Crippen molar-refractivity contribution in [2.75, 3.05) is 7.11 Å². The van der Waals surface area contributed by atoms with E-state index in [2.05, 4.69) is 15.5 Å². The quantitative estimate of drug-likeness (QED) is 0.316. The molecule has 7 nitrogen and oxygen atoms in total. The molecule has 174 valence electrons. The van der Waals surface area contributed by atoms with Gasteiger partial charge in [-0.3, -0.25) is 10.1 Å². The fourth-order valence-corrected chi connectivity index (χ4v) is 3.53. The second-order valence-electron chi connectivity index (χ2n) is 8.15. The first kappa shape index (κ1) is 23.5. The number of para-hydroxylation sites is 1. The molecule has 0 atom stereocenters. The Morgan fingerprint density at radius 2 is 1.74 bits per heavy atom. The number of halogens is 1. The molecular weight excluding hydrogens is 454 g/mol. The number of nitrogens with one attached hydrogen (secondary N) is 1. The van der Waals surface area contributed by atoms with E-state index in [9.17, 15) is 4.79 Å². The zero-order valence-electron chi connectivity index (χ0n) is 19.0. The first-order valence-corrected chi connectivity index (χ1v) is 11.0. The van der Waals surface area contributed by atoms with Gasteiger partial charge in [0.15, 0.2) is 0 Å². The highest BCUT2D eigenvalue weighted by molar-refractivity contribution is 6.33. The zero-order valence-corrected chi connectivity index (χ0v) is 19.8. The van der Waals surface area contributed by atoms with Gasteiger partial charge in [0.2, 0.25) is 5.82 Å². The second-order valence-corrected chi connectivity index (χ2v) is 8.55. The largest absolute Gasteiger partial charge is 0.468 e. The van der Waals surface area contributed by atoms with E-state index in [1.54, 1.807) is 13.8 Å². The smallest absolute Gasteiger partial charge is 0.325 e. The third-order valence-electron chi connectivity index (χ3n) is 5.21. The van der Waals surface area contributed by atoms with Gasteiger partial charge in [-0.05, 0) is 67.9 Å². The van der Waals surface area contributed by atoms with E-state index >= 15 is 0 Å². The molecule has 0 saturated carbocycles. The van der Waals surface area contributed by atoms with Crippen LogP contribution in [0.25, 0.3) is 22.8 Å². The third kappa shape index (κ3) is 5.44. The van der Waals surface area contributed by atoms with Gasteiger partial charge in [-0.15, -0.1) is 0 Å². The Balaban J connectivity index is 1.45. The van der Waals surface area contributed by atoms with Crippen molar-refractivity contribution in [2.24, 2.45) is 0 Å². The number of rotatable bonds is 8. The number of hydrogen-bond acceptors (Lipinski definition) is 7. The van der Waals surface area contributed by atoms with Crippen LogP contribution in [0, 0.1) is 0 Å². The highest BCUT2D eigenvalue weighted by Crippen LogP contribution is 2.30. The van der Waals surface area contributed by atoms with Crippen molar-refractivity contribution >= 4 is 17.6 Å². The lowest BCUT2D eigenvalue weighted by atomic mass is 10.0.